The highest BCUT2D eigenvalue weighted by atomic mass is 32.2. The summed E-state index contributed by atoms with van der Waals surface area (Å²) in [6.45, 7) is 7.56. The SMILES string of the molecule is Cc1ccc(C(=O)NCc2cc3nc(Nc4cccc(N5C[C@@H](C)O[C@@H](C)C5)n4)ccc3cn2)cc1S(C)(=O)=O. The highest BCUT2D eigenvalue weighted by molar-refractivity contribution is 7.90. The number of sulfone groups is 1. The van der Waals surface area contributed by atoms with Crippen LogP contribution in [0.15, 0.2) is 65.7 Å². The number of benzene rings is 1. The number of nitrogens with zero attached hydrogens (tertiary/aromatic N) is 4. The summed E-state index contributed by atoms with van der Waals surface area (Å²) in [5.74, 6) is 1.82. The number of carbonyl (C=O) groups excluding carboxylic acids is 1. The van der Waals surface area contributed by atoms with Gasteiger partial charge in [-0.1, -0.05) is 12.1 Å². The van der Waals surface area contributed by atoms with Gasteiger partial charge < -0.3 is 20.3 Å². The summed E-state index contributed by atoms with van der Waals surface area (Å²) in [6, 6.07) is 16.1. The molecule has 1 amide bonds. The van der Waals surface area contributed by atoms with Gasteiger partial charge >= 0.3 is 0 Å². The highest BCUT2D eigenvalue weighted by Crippen LogP contribution is 2.23. The second kappa shape index (κ2) is 11.2. The Labute approximate surface area is 233 Å². The minimum atomic E-state index is -3.44. The van der Waals surface area contributed by atoms with E-state index in [9.17, 15) is 13.2 Å². The van der Waals surface area contributed by atoms with Gasteiger partial charge in [0.1, 0.15) is 17.5 Å². The zero-order valence-corrected chi connectivity index (χ0v) is 23.7. The summed E-state index contributed by atoms with van der Waals surface area (Å²) in [6.07, 6.45) is 3.11. The first-order valence-electron chi connectivity index (χ1n) is 13.0. The molecule has 40 heavy (non-hydrogen) atoms. The maximum atomic E-state index is 12.7. The fourth-order valence-corrected chi connectivity index (χ4v) is 5.80. The smallest absolute Gasteiger partial charge is 0.251 e. The van der Waals surface area contributed by atoms with Crippen molar-refractivity contribution in [2.24, 2.45) is 0 Å². The molecule has 2 N–H and O–H groups in total. The van der Waals surface area contributed by atoms with Crippen molar-refractivity contribution in [3.8, 4) is 0 Å². The van der Waals surface area contributed by atoms with Gasteiger partial charge in [0.15, 0.2) is 9.84 Å². The zero-order valence-electron chi connectivity index (χ0n) is 22.9. The number of carbonyl (C=O) groups is 1. The van der Waals surface area contributed by atoms with Crippen molar-refractivity contribution >= 4 is 44.1 Å². The summed E-state index contributed by atoms with van der Waals surface area (Å²) in [5, 5.41) is 6.96. The van der Waals surface area contributed by atoms with Crippen LogP contribution in [0.1, 0.15) is 35.5 Å². The number of aryl methyl sites for hydroxylation is 1. The molecule has 1 saturated heterocycles. The fourth-order valence-electron chi connectivity index (χ4n) is 4.80. The van der Waals surface area contributed by atoms with Gasteiger partial charge in [-0.25, -0.2) is 18.4 Å². The standard InChI is InChI=1S/C29H32N6O4S/c1-18-8-9-21(12-25(18)40(4,37)38)29(36)31-15-23-13-24-22(14-30-23)10-11-27(32-24)33-26-6-5-7-28(34-26)35-16-19(2)39-20(3)17-35/h5-14,19-20H,15-17H2,1-4H3,(H,31,36)(H,32,33,34)/t19-,20+. The molecule has 4 heterocycles. The van der Waals surface area contributed by atoms with E-state index in [1.807, 2.05) is 36.4 Å². The van der Waals surface area contributed by atoms with E-state index in [0.717, 1.165) is 30.5 Å². The number of anilines is 3. The number of hydrogen-bond donors (Lipinski definition) is 2. The van der Waals surface area contributed by atoms with Crippen LogP contribution < -0.4 is 15.5 Å². The van der Waals surface area contributed by atoms with Gasteiger partial charge in [0.25, 0.3) is 5.91 Å². The molecule has 0 unspecified atom stereocenters. The number of aromatic nitrogens is 3. The van der Waals surface area contributed by atoms with Crippen molar-refractivity contribution in [1.82, 2.24) is 20.3 Å². The van der Waals surface area contributed by atoms with Gasteiger partial charge in [-0.15, -0.1) is 0 Å². The molecular formula is C29H32N6O4S. The zero-order chi connectivity index (χ0) is 28.4. The fraction of sp³-hybridized carbons (Fsp3) is 0.310. The molecule has 1 aromatic carbocycles. The van der Waals surface area contributed by atoms with Gasteiger partial charge in [-0.05, 0) is 68.8 Å². The first kappa shape index (κ1) is 27.5. The molecule has 1 fully saturated rings. The number of amides is 1. The van der Waals surface area contributed by atoms with Gasteiger partial charge in [0, 0.05) is 36.5 Å². The second-order valence-electron chi connectivity index (χ2n) is 10.2. The van der Waals surface area contributed by atoms with Crippen LogP contribution in [0.3, 0.4) is 0 Å². The lowest BCUT2D eigenvalue weighted by molar-refractivity contribution is -0.00545. The van der Waals surface area contributed by atoms with Crippen LogP contribution in [-0.2, 0) is 21.1 Å². The number of morpholine rings is 1. The maximum Gasteiger partial charge on any atom is 0.251 e. The van der Waals surface area contributed by atoms with Gasteiger partial charge in [0.2, 0.25) is 0 Å². The van der Waals surface area contributed by atoms with Crippen LogP contribution in [0.5, 0.6) is 0 Å². The molecule has 10 nitrogen and oxygen atoms in total. The van der Waals surface area contributed by atoms with Crippen molar-refractivity contribution in [3.63, 3.8) is 0 Å². The minimum Gasteiger partial charge on any atom is -0.372 e. The molecule has 2 atom stereocenters. The van der Waals surface area contributed by atoms with Gasteiger partial charge in [-0.3, -0.25) is 9.78 Å². The molecule has 11 heteroatoms. The third kappa shape index (κ3) is 6.37. The Morgan fingerprint density at radius 2 is 1.77 bits per heavy atom. The van der Waals surface area contributed by atoms with Crippen LogP contribution in [0.4, 0.5) is 17.5 Å². The number of rotatable bonds is 7. The van der Waals surface area contributed by atoms with E-state index in [0.29, 0.717) is 28.4 Å². The normalized spacial score (nSPS) is 17.6. The highest BCUT2D eigenvalue weighted by Gasteiger charge is 2.23. The molecule has 4 aromatic rings. The molecule has 3 aromatic heterocycles. The maximum absolute atomic E-state index is 12.7. The molecule has 0 spiro atoms. The molecule has 0 bridgehead atoms. The van der Waals surface area contributed by atoms with Crippen LogP contribution in [0, 0.1) is 6.92 Å². The molecule has 0 radical (unpaired) electrons. The topological polar surface area (TPSA) is 126 Å². The number of fused-ring (bicyclic) bond motifs is 1. The molecule has 208 valence electrons. The Morgan fingerprint density at radius 3 is 2.52 bits per heavy atom. The largest absolute Gasteiger partial charge is 0.372 e. The van der Waals surface area contributed by atoms with Crippen molar-refractivity contribution in [3.05, 3.63) is 77.6 Å². The molecule has 1 aliphatic heterocycles. The summed E-state index contributed by atoms with van der Waals surface area (Å²) >= 11 is 0. The van der Waals surface area contributed by atoms with E-state index in [4.69, 9.17) is 14.7 Å². The molecule has 1 aliphatic rings. The number of hydrogen-bond acceptors (Lipinski definition) is 9. The summed E-state index contributed by atoms with van der Waals surface area (Å²) in [7, 11) is -3.44. The van der Waals surface area contributed by atoms with Gasteiger partial charge in [0.05, 0.1) is 34.9 Å². The third-order valence-electron chi connectivity index (χ3n) is 6.64. The quantitative estimate of drug-likeness (QED) is 0.345. The Kier molecular flexibility index (Phi) is 7.68. The molecule has 5 rings (SSSR count). The van der Waals surface area contributed by atoms with Crippen LogP contribution in [0.2, 0.25) is 0 Å². The summed E-state index contributed by atoms with van der Waals surface area (Å²) in [5.41, 5.74) is 2.20. The Hall–Kier alpha value is -4.09. The van der Waals surface area contributed by atoms with Crippen molar-refractivity contribution in [2.45, 2.75) is 44.4 Å². The lowest BCUT2D eigenvalue weighted by Gasteiger charge is -2.36. The van der Waals surface area contributed by atoms with Crippen LogP contribution >= 0.6 is 0 Å². The molecule has 0 aliphatic carbocycles. The van der Waals surface area contributed by atoms with Crippen molar-refractivity contribution < 1.29 is 17.9 Å². The predicted octanol–water partition coefficient (Wildman–Crippen LogP) is 4.02. The Morgan fingerprint density at radius 1 is 1.02 bits per heavy atom. The first-order valence-corrected chi connectivity index (χ1v) is 14.9. The molecular weight excluding hydrogens is 528 g/mol. The monoisotopic (exact) mass is 560 g/mol. The lowest BCUT2D eigenvalue weighted by atomic mass is 10.1. The number of nitrogens with one attached hydrogen (secondary N) is 2. The summed E-state index contributed by atoms with van der Waals surface area (Å²) < 4.78 is 29.9. The number of ether oxygens (including phenoxy) is 1. The van der Waals surface area contributed by atoms with Crippen molar-refractivity contribution in [2.75, 3.05) is 29.6 Å². The summed E-state index contributed by atoms with van der Waals surface area (Å²) in [4.78, 5) is 29.0. The average Bonchev–Trinajstić information content (AvgIpc) is 2.90. The van der Waals surface area contributed by atoms with Crippen molar-refractivity contribution in [1.29, 1.82) is 0 Å². The van der Waals surface area contributed by atoms with E-state index in [1.54, 1.807) is 25.3 Å². The van der Waals surface area contributed by atoms with Crippen LogP contribution in [-0.4, -0.2) is 60.8 Å². The van der Waals surface area contributed by atoms with E-state index in [1.165, 1.54) is 6.07 Å². The third-order valence-corrected chi connectivity index (χ3v) is 7.88. The lowest BCUT2D eigenvalue weighted by Crippen LogP contribution is -2.45. The second-order valence-corrected chi connectivity index (χ2v) is 12.2. The Balaban J connectivity index is 1.29. The minimum absolute atomic E-state index is 0.138. The first-order chi connectivity index (χ1) is 19.0. The average molecular weight is 561 g/mol. The van der Waals surface area contributed by atoms with E-state index >= 15 is 0 Å². The van der Waals surface area contributed by atoms with E-state index < -0.39 is 9.84 Å². The Bertz CT molecular complexity index is 1670. The van der Waals surface area contributed by atoms with Crippen LogP contribution in [0.25, 0.3) is 10.9 Å². The van der Waals surface area contributed by atoms with E-state index in [-0.39, 0.29) is 35.1 Å². The predicted molar refractivity (Wildman–Crippen MR) is 155 cm³/mol. The molecule has 0 saturated carbocycles. The van der Waals surface area contributed by atoms with E-state index in [2.05, 4.69) is 34.4 Å². The number of pyridine rings is 3. The van der Waals surface area contributed by atoms with Gasteiger partial charge in [-0.2, -0.15) is 0 Å².